The van der Waals surface area contributed by atoms with E-state index in [1.54, 1.807) is 24.3 Å². The number of amides is 2. The van der Waals surface area contributed by atoms with E-state index < -0.39 is 0 Å². The summed E-state index contributed by atoms with van der Waals surface area (Å²) in [6.45, 7) is 2.79. The average Bonchev–Trinajstić information content (AvgIpc) is 3.29. The molecule has 0 aliphatic heterocycles. The first-order valence-electron chi connectivity index (χ1n) is 11.0. The van der Waals surface area contributed by atoms with Crippen LogP contribution in [-0.2, 0) is 0 Å². The molecule has 33 heavy (non-hydrogen) atoms. The minimum absolute atomic E-state index is 0.0885. The van der Waals surface area contributed by atoms with E-state index in [0.29, 0.717) is 24.2 Å². The molecule has 7 nitrogen and oxygen atoms in total. The molecule has 0 aliphatic carbocycles. The van der Waals surface area contributed by atoms with E-state index in [1.807, 2.05) is 74.4 Å². The number of benzene rings is 2. The van der Waals surface area contributed by atoms with E-state index in [2.05, 4.69) is 10.6 Å². The second kappa shape index (κ2) is 11.4. The van der Waals surface area contributed by atoms with E-state index in [0.717, 1.165) is 35.7 Å². The number of carbonyl (C=O) groups is 2. The lowest BCUT2D eigenvalue weighted by Gasteiger charge is -2.10. The molecule has 2 amide bonds. The highest BCUT2D eigenvalue weighted by atomic mass is 16.3. The highest BCUT2D eigenvalue weighted by Gasteiger charge is 2.11. The second-order valence-corrected chi connectivity index (χ2v) is 8.44. The van der Waals surface area contributed by atoms with Crippen LogP contribution in [0.15, 0.2) is 65.1 Å². The summed E-state index contributed by atoms with van der Waals surface area (Å²) in [6, 6.07) is 18.5. The molecule has 0 saturated carbocycles. The number of likely N-dealkylation sites (N-methyl/N-ethyl adjacent to an activating group) is 2. The highest BCUT2D eigenvalue weighted by Crippen LogP contribution is 2.29. The Morgan fingerprint density at radius 3 is 1.33 bits per heavy atom. The third kappa shape index (κ3) is 7.03. The van der Waals surface area contributed by atoms with Crippen LogP contribution in [0.25, 0.3) is 22.6 Å². The Balaban J connectivity index is 1.61. The summed E-state index contributed by atoms with van der Waals surface area (Å²) in [5, 5.41) is 5.82. The van der Waals surface area contributed by atoms with Gasteiger partial charge in [0, 0.05) is 48.4 Å². The largest absolute Gasteiger partial charge is 0.456 e. The zero-order valence-corrected chi connectivity index (χ0v) is 19.7. The zero-order chi connectivity index (χ0) is 23.8. The Bertz CT molecular complexity index is 970. The minimum Gasteiger partial charge on any atom is -0.456 e. The zero-order valence-electron chi connectivity index (χ0n) is 19.7. The van der Waals surface area contributed by atoms with Crippen molar-refractivity contribution in [2.24, 2.45) is 0 Å². The van der Waals surface area contributed by atoms with Gasteiger partial charge in [0.1, 0.15) is 11.5 Å². The highest BCUT2D eigenvalue weighted by molar-refractivity contribution is 5.95. The Hall–Kier alpha value is -3.42. The van der Waals surface area contributed by atoms with Gasteiger partial charge in [-0.05, 0) is 64.6 Å². The Morgan fingerprint density at radius 2 is 1.00 bits per heavy atom. The van der Waals surface area contributed by atoms with Crippen LogP contribution in [-0.4, -0.2) is 76.0 Å². The van der Waals surface area contributed by atoms with Gasteiger partial charge in [-0.1, -0.05) is 24.3 Å². The van der Waals surface area contributed by atoms with Crippen LogP contribution in [0.2, 0.25) is 0 Å². The average molecular weight is 449 g/mol. The molecule has 0 spiro atoms. The van der Waals surface area contributed by atoms with Gasteiger partial charge in [-0.3, -0.25) is 9.59 Å². The minimum atomic E-state index is -0.0885. The number of furan rings is 1. The van der Waals surface area contributed by atoms with Crippen LogP contribution in [0.4, 0.5) is 0 Å². The number of hydrogen-bond donors (Lipinski definition) is 2. The fourth-order valence-electron chi connectivity index (χ4n) is 3.21. The van der Waals surface area contributed by atoms with Crippen molar-refractivity contribution in [2.75, 3.05) is 54.4 Å². The van der Waals surface area contributed by atoms with Gasteiger partial charge in [-0.25, -0.2) is 0 Å². The lowest BCUT2D eigenvalue weighted by atomic mass is 10.1. The molecule has 0 saturated heterocycles. The molecule has 0 radical (unpaired) electrons. The third-order valence-corrected chi connectivity index (χ3v) is 5.16. The number of hydrogen-bond acceptors (Lipinski definition) is 5. The summed E-state index contributed by atoms with van der Waals surface area (Å²) >= 11 is 0. The van der Waals surface area contributed by atoms with Crippen molar-refractivity contribution in [1.29, 1.82) is 0 Å². The summed E-state index contributed by atoms with van der Waals surface area (Å²) in [5.41, 5.74) is 3.01. The molecule has 2 N–H and O–H groups in total. The van der Waals surface area contributed by atoms with E-state index >= 15 is 0 Å². The predicted octanol–water partition coefficient (Wildman–Crippen LogP) is 3.20. The van der Waals surface area contributed by atoms with Crippen molar-refractivity contribution in [3.8, 4) is 22.6 Å². The number of nitrogens with zero attached hydrogens (tertiary/aromatic N) is 2. The lowest BCUT2D eigenvalue weighted by molar-refractivity contribution is 0.0943. The van der Waals surface area contributed by atoms with E-state index in [9.17, 15) is 9.59 Å². The normalized spacial score (nSPS) is 11.1. The SMILES string of the molecule is CN(C)CCNC(=O)c1ccc(-c2ccc(-c3ccc(C(=O)NCCN(C)C)cc3)o2)cc1. The van der Waals surface area contributed by atoms with Crippen LogP contribution in [0.3, 0.4) is 0 Å². The van der Waals surface area contributed by atoms with Crippen molar-refractivity contribution in [1.82, 2.24) is 20.4 Å². The van der Waals surface area contributed by atoms with Crippen LogP contribution in [0.1, 0.15) is 20.7 Å². The summed E-state index contributed by atoms with van der Waals surface area (Å²) < 4.78 is 6.03. The lowest BCUT2D eigenvalue weighted by Crippen LogP contribution is -2.31. The molecule has 1 aromatic heterocycles. The third-order valence-electron chi connectivity index (χ3n) is 5.16. The number of carbonyl (C=O) groups excluding carboxylic acids is 2. The van der Waals surface area contributed by atoms with Crippen molar-refractivity contribution in [2.45, 2.75) is 0 Å². The first-order chi connectivity index (χ1) is 15.8. The molecule has 174 valence electrons. The van der Waals surface area contributed by atoms with Crippen molar-refractivity contribution in [3.05, 3.63) is 71.8 Å². The van der Waals surface area contributed by atoms with Gasteiger partial charge in [0.15, 0.2) is 0 Å². The number of nitrogens with one attached hydrogen (secondary N) is 2. The smallest absolute Gasteiger partial charge is 0.251 e. The van der Waals surface area contributed by atoms with Gasteiger partial charge < -0.3 is 24.9 Å². The molecule has 0 atom stereocenters. The van der Waals surface area contributed by atoms with E-state index in [-0.39, 0.29) is 11.8 Å². The monoisotopic (exact) mass is 448 g/mol. The molecule has 3 rings (SSSR count). The maximum atomic E-state index is 12.2. The molecule has 0 aliphatic rings. The summed E-state index contributed by atoms with van der Waals surface area (Å²) in [7, 11) is 7.88. The maximum Gasteiger partial charge on any atom is 0.251 e. The Labute approximate surface area is 195 Å². The van der Waals surface area contributed by atoms with Crippen LogP contribution < -0.4 is 10.6 Å². The van der Waals surface area contributed by atoms with Gasteiger partial charge >= 0.3 is 0 Å². The van der Waals surface area contributed by atoms with Gasteiger partial charge in [0.05, 0.1) is 0 Å². The van der Waals surface area contributed by atoms with Crippen molar-refractivity contribution in [3.63, 3.8) is 0 Å². The molecule has 0 unspecified atom stereocenters. The summed E-state index contributed by atoms with van der Waals surface area (Å²) in [6.07, 6.45) is 0. The first-order valence-corrected chi connectivity index (χ1v) is 11.0. The Kier molecular flexibility index (Phi) is 8.40. The van der Waals surface area contributed by atoms with Gasteiger partial charge in [0.2, 0.25) is 0 Å². The summed E-state index contributed by atoms with van der Waals surface area (Å²) in [4.78, 5) is 28.5. The Morgan fingerprint density at radius 1 is 0.636 bits per heavy atom. The molecule has 0 bridgehead atoms. The topological polar surface area (TPSA) is 77.8 Å². The van der Waals surface area contributed by atoms with Crippen LogP contribution in [0, 0.1) is 0 Å². The molecule has 1 heterocycles. The molecule has 2 aromatic carbocycles. The quantitative estimate of drug-likeness (QED) is 0.498. The van der Waals surface area contributed by atoms with Gasteiger partial charge in [-0.15, -0.1) is 0 Å². The van der Waals surface area contributed by atoms with E-state index in [1.165, 1.54) is 0 Å². The van der Waals surface area contributed by atoms with Gasteiger partial charge in [0.25, 0.3) is 11.8 Å². The standard InChI is InChI=1S/C26H32N4O3/c1-29(2)17-15-27-25(31)21-9-5-19(6-10-21)23-13-14-24(33-23)20-7-11-22(12-8-20)26(32)28-16-18-30(3)4/h5-14H,15-18H2,1-4H3,(H,27,31)(H,28,32). The first kappa shape index (κ1) is 24.2. The summed E-state index contributed by atoms with van der Waals surface area (Å²) in [5.74, 6) is 1.26. The van der Waals surface area contributed by atoms with E-state index in [4.69, 9.17) is 4.42 Å². The van der Waals surface area contributed by atoms with Crippen molar-refractivity contribution >= 4 is 11.8 Å². The molecular weight excluding hydrogens is 416 g/mol. The van der Waals surface area contributed by atoms with Crippen LogP contribution >= 0.6 is 0 Å². The maximum absolute atomic E-state index is 12.2. The van der Waals surface area contributed by atoms with Gasteiger partial charge in [-0.2, -0.15) is 0 Å². The predicted molar refractivity (Wildman–Crippen MR) is 131 cm³/mol. The number of rotatable bonds is 10. The molecule has 3 aromatic rings. The second-order valence-electron chi connectivity index (χ2n) is 8.44. The fourth-order valence-corrected chi connectivity index (χ4v) is 3.21. The van der Waals surface area contributed by atoms with Crippen LogP contribution in [0.5, 0.6) is 0 Å². The molecule has 7 heteroatoms. The fraction of sp³-hybridized carbons (Fsp3) is 0.308. The molecular formula is C26H32N4O3. The van der Waals surface area contributed by atoms with Crippen molar-refractivity contribution < 1.29 is 14.0 Å². The molecule has 0 fully saturated rings.